The van der Waals surface area contributed by atoms with Gasteiger partial charge < -0.3 is 15.5 Å². The minimum atomic E-state index is -0.614. The highest BCUT2D eigenvalue weighted by Crippen LogP contribution is 2.28. The summed E-state index contributed by atoms with van der Waals surface area (Å²) in [5, 5.41) is 14.0. The van der Waals surface area contributed by atoms with E-state index in [1.165, 1.54) is 12.1 Å². The smallest absolute Gasteiger partial charge is 0.306 e. The van der Waals surface area contributed by atoms with E-state index in [0.717, 1.165) is 0 Å². The normalized spacial score (nSPS) is 21.6. The van der Waals surface area contributed by atoms with Crippen molar-refractivity contribution in [2.45, 2.75) is 31.9 Å². The number of hydrogen-bond donors (Lipinski definition) is 3. The van der Waals surface area contributed by atoms with Crippen molar-refractivity contribution in [1.82, 2.24) is 5.32 Å². The van der Waals surface area contributed by atoms with Gasteiger partial charge in [-0.15, -0.1) is 0 Å². The summed E-state index contributed by atoms with van der Waals surface area (Å²) >= 11 is 0. The molecule has 0 aromatic heterocycles. The second kappa shape index (κ2) is 6.51. The lowest BCUT2D eigenvalue weighted by molar-refractivity contribution is -0.384. The molecular weight excluding hydrogens is 276 g/mol. The van der Waals surface area contributed by atoms with Gasteiger partial charge in [0.1, 0.15) is 11.3 Å². The Morgan fingerprint density at radius 3 is 2.90 bits per heavy atom. The molecule has 1 aliphatic rings. The lowest BCUT2D eigenvalue weighted by Crippen LogP contribution is -2.41. The predicted octanol–water partition coefficient (Wildman–Crippen LogP) is 1.18. The summed E-state index contributed by atoms with van der Waals surface area (Å²) in [5.74, 6) is 4.78. The molecule has 0 bridgehead atoms. The average molecular weight is 294 g/mol. The monoisotopic (exact) mass is 294 g/mol. The first-order chi connectivity index (χ1) is 10.0. The molecule has 0 saturated carbocycles. The molecular formula is C13H18N4O4. The van der Waals surface area contributed by atoms with Gasteiger partial charge in [0.2, 0.25) is 0 Å². The zero-order valence-corrected chi connectivity index (χ0v) is 11.7. The third-order valence-corrected chi connectivity index (χ3v) is 3.44. The van der Waals surface area contributed by atoms with Gasteiger partial charge in [-0.1, -0.05) is 6.07 Å². The first-order valence-electron chi connectivity index (χ1n) is 6.69. The molecule has 2 rings (SSSR count). The number of rotatable bonds is 4. The number of anilines is 1. The molecule has 1 saturated heterocycles. The van der Waals surface area contributed by atoms with Gasteiger partial charge in [0.25, 0.3) is 5.91 Å². The zero-order chi connectivity index (χ0) is 15.4. The van der Waals surface area contributed by atoms with Gasteiger partial charge in [-0.25, -0.2) is 0 Å². The maximum absolute atomic E-state index is 12.3. The fourth-order valence-electron chi connectivity index (χ4n) is 2.43. The Labute approximate surface area is 121 Å². The third kappa shape index (κ3) is 3.47. The van der Waals surface area contributed by atoms with Crippen molar-refractivity contribution >= 4 is 17.3 Å². The number of amides is 1. The van der Waals surface area contributed by atoms with E-state index in [1.54, 1.807) is 6.07 Å². The number of benzene rings is 1. The molecule has 8 heteroatoms. The molecule has 1 aromatic rings. The summed E-state index contributed by atoms with van der Waals surface area (Å²) in [6.07, 6.45) is 1.45. The van der Waals surface area contributed by atoms with Gasteiger partial charge >= 0.3 is 5.69 Å². The van der Waals surface area contributed by atoms with Gasteiger partial charge in [0.15, 0.2) is 0 Å². The van der Waals surface area contributed by atoms with Crippen LogP contribution in [0, 0.1) is 10.1 Å². The van der Waals surface area contributed by atoms with Crippen molar-refractivity contribution in [2.24, 2.45) is 5.84 Å². The number of nitro benzene ring substituents is 1. The van der Waals surface area contributed by atoms with Crippen LogP contribution < -0.4 is 16.6 Å². The summed E-state index contributed by atoms with van der Waals surface area (Å²) in [7, 11) is 0. The molecule has 1 heterocycles. The topological polar surface area (TPSA) is 120 Å². The SMILES string of the molecule is CC1CC(NC(=O)c2cccc(NN)c2[N+](=O)[O-])CCO1. The van der Waals surface area contributed by atoms with E-state index in [4.69, 9.17) is 10.6 Å². The van der Waals surface area contributed by atoms with Crippen molar-refractivity contribution in [3.8, 4) is 0 Å². The largest absolute Gasteiger partial charge is 0.378 e. The molecule has 0 spiro atoms. The molecule has 0 radical (unpaired) electrons. The summed E-state index contributed by atoms with van der Waals surface area (Å²) in [6, 6.07) is 4.36. The molecule has 8 nitrogen and oxygen atoms in total. The Kier molecular flexibility index (Phi) is 4.71. The van der Waals surface area contributed by atoms with Crippen LogP contribution in [0.2, 0.25) is 0 Å². The number of carbonyl (C=O) groups is 1. The zero-order valence-electron chi connectivity index (χ0n) is 11.7. The van der Waals surface area contributed by atoms with Crippen LogP contribution in [0.4, 0.5) is 11.4 Å². The predicted molar refractivity (Wildman–Crippen MR) is 76.8 cm³/mol. The van der Waals surface area contributed by atoms with Crippen LogP contribution in [0.15, 0.2) is 18.2 Å². The van der Waals surface area contributed by atoms with Gasteiger partial charge in [-0.3, -0.25) is 20.8 Å². The van der Waals surface area contributed by atoms with Crippen LogP contribution >= 0.6 is 0 Å². The lowest BCUT2D eigenvalue weighted by atomic mass is 10.0. The molecule has 1 aromatic carbocycles. The number of nitrogens with zero attached hydrogens (tertiary/aromatic N) is 1. The van der Waals surface area contributed by atoms with E-state index in [0.29, 0.717) is 19.4 Å². The van der Waals surface area contributed by atoms with Crippen LogP contribution in [0.25, 0.3) is 0 Å². The van der Waals surface area contributed by atoms with E-state index in [1.807, 2.05) is 6.92 Å². The average Bonchev–Trinajstić information content (AvgIpc) is 2.46. The first-order valence-corrected chi connectivity index (χ1v) is 6.69. The van der Waals surface area contributed by atoms with Crippen molar-refractivity contribution < 1.29 is 14.5 Å². The van der Waals surface area contributed by atoms with E-state index < -0.39 is 10.8 Å². The van der Waals surface area contributed by atoms with Gasteiger partial charge in [0, 0.05) is 12.6 Å². The van der Waals surface area contributed by atoms with E-state index in [9.17, 15) is 14.9 Å². The minimum Gasteiger partial charge on any atom is -0.378 e. The van der Waals surface area contributed by atoms with Crippen LogP contribution in [0.1, 0.15) is 30.1 Å². The van der Waals surface area contributed by atoms with Crippen molar-refractivity contribution in [2.75, 3.05) is 12.0 Å². The highest BCUT2D eigenvalue weighted by molar-refractivity contribution is 6.00. The van der Waals surface area contributed by atoms with Crippen molar-refractivity contribution in [3.05, 3.63) is 33.9 Å². The second-order valence-electron chi connectivity index (χ2n) is 4.98. The highest BCUT2D eigenvalue weighted by Gasteiger charge is 2.27. The number of para-hydroxylation sites is 1. The number of nitrogen functional groups attached to an aromatic ring is 1. The number of nitrogens with two attached hydrogens (primary N) is 1. The van der Waals surface area contributed by atoms with Crippen LogP contribution in [-0.2, 0) is 4.74 Å². The number of hydrogen-bond acceptors (Lipinski definition) is 6. The molecule has 1 fully saturated rings. The Hall–Kier alpha value is -2.19. The first kappa shape index (κ1) is 15.2. The Balaban J connectivity index is 2.21. The molecule has 1 amide bonds. The quantitative estimate of drug-likeness (QED) is 0.436. The fourth-order valence-corrected chi connectivity index (χ4v) is 2.43. The number of ether oxygens (including phenoxy) is 1. The highest BCUT2D eigenvalue weighted by atomic mass is 16.6. The number of carbonyl (C=O) groups excluding carboxylic acids is 1. The number of hydrazine groups is 1. The summed E-state index contributed by atoms with van der Waals surface area (Å²) < 4.78 is 5.41. The molecule has 1 aliphatic heterocycles. The molecule has 0 aliphatic carbocycles. The lowest BCUT2D eigenvalue weighted by Gasteiger charge is -2.27. The third-order valence-electron chi connectivity index (χ3n) is 3.44. The number of nitro groups is 1. The van der Waals surface area contributed by atoms with Gasteiger partial charge in [0.05, 0.1) is 11.0 Å². The molecule has 21 heavy (non-hydrogen) atoms. The number of nitrogens with one attached hydrogen (secondary N) is 2. The maximum atomic E-state index is 12.3. The van der Waals surface area contributed by atoms with Crippen molar-refractivity contribution in [1.29, 1.82) is 0 Å². The molecule has 2 atom stereocenters. The van der Waals surface area contributed by atoms with E-state index in [-0.39, 0.29) is 29.1 Å². The Bertz CT molecular complexity index is 549. The van der Waals surface area contributed by atoms with E-state index >= 15 is 0 Å². The summed E-state index contributed by atoms with van der Waals surface area (Å²) in [4.78, 5) is 22.8. The minimum absolute atomic E-state index is 0.00500. The Morgan fingerprint density at radius 1 is 1.52 bits per heavy atom. The molecule has 2 unspecified atom stereocenters. The fraction of sp³-hybridized carbons (Fsp3) is 0.462. The van der Waals surface area contributed by atoms with Crippen molar-refractivity contribution in [3.63, 3.8) is 0 Å². The summed E-state index contributed by atoms with van der Waals surface area (Å²) in [5.41, 5.74) is 2.02. The van der Waals surface area contributed by atoms with E-state index in [2.05, 4.69) is 10.7 Å². The molecule has 114 valence electrons. The maximum Gasteiger partial charge on any atom is 0.306 e. The van der Waals surface area contributed by atoms with Gasteiger partial charge in [-0.05, 0) is 31.9 Å². The second-order valence-corrected chi connectivity index (χ2v) is 4.98. The summed E-state index contributed by atoms with van der Waals surface area (Å²) in [6.45, 7) is 2.50. The van der Waals surface area contributed by atoms with Crippen LogP contribution in [0.3, 0.4) is 0 Å². The molecule has 4 N–H and O–H groups in total. The standard InChI is InChI=1S/C13H18N4O4/c1-8-7-9(5-6-21-8)15-13(18)10-3-2-4-11(16-14)12(10)17(19)20/h2-4,8-9,16H,5-7,14H2,1H3,(H,15,18). The van der Waals surface area contributed by atoms with Gasteiger partial charge in [-0.2, -0.15) is 0 Å². The van der Waals surface area contributed by atoms with Crippen LogP contribution in [-0.4, -0.2) is 29.6 Å². The Morgan fingerprint density at radius 2 is 2.29 bits per heavy atom. The van der Waals surface area contributed by atoms with Crippen LogP contribution in [0.5, 0.6) is 0 Å².